The molecular weight excluding hydrogens is 304 g/mol. The normalized spacial score (nSPS) is 17.6. The zero-order valence-corrected chi connectivity index (χ0v) is 14.4. The van der Waals surface area contributed by atoms with Crippen LogP contribution in [-0.4, -0.2) is 43.9 Å². The number of sulfonamides is 1. The van der Waals surface area contributed by atoms with Gasteiger partial charge in [-0.05, 0) is 42.8 Å². The van der Waals surface area contributed by atoms with Gasteiger partial charge in [0, 0.05) is 25.4 Å². The summed E-state index contributed by atoms with van der Waals surface area (Å²) in [5, 5.41) is 3.26. The van der Waals surface area contributed by atoms with E-state index in [1.165, 1.54) is 0 Å². The van der Waals surface area contributed by atoms with Crippen molar-refractivity contribution < 1.29 is 8.42 Å². The monoisotopic (exact) mass is 328 g/mol. The lowest BCUT2D eigenvalue weighted by molar-refractivity contribution is 0.434. The molecule has 0 radical (unpaired) electrons. The number of benzene rings is 1. The predicted molar refractivity (Wildman–Crippen MR) is 89.3 cm³/mol. The third-order valence-electron chi connectivity index (χ3n) is 3.76. The Morgan fingerprint density at radius 2 is 2.10 bits per heavy atom. The fourth-order valence-corrected chi connectivity index (χ4v) is 5.24. The number of nitrogens with zero attached hydrogens (tertiary/aromatic N) is 1. The van der Waals surface area contributed by atoms with Crippen molar-refractivity contribution in [3.63, 3.8) is 0 Å². The Hall–Kier alpha value is -0.560. The minimum Gasteiger partial charge on any atom is -0.313 e. The molecule has 1 aromatic carbocycles. The Morgan fingerprint density at radius 3 is 2.86 bits per heavy atom. The maximum absolute atomic E-state index is 12.9. The highest BCUT2D eigenvalue weighted by molar-refractivity contribution is 7.99. The number of nitrogens with one attached hydrogen (secondary N) is 1. The van der Waals surface area contributed by atoms with Crippen LogP contribution >= 0.6 is 11.8 Å². The van der Waals surface area contributed by atoms with Gasteiger partial charge in [0.15, 0.2) is 0 Å². The van der Waals surface area contributed by atoms with Crippen LogP contribution in [0.3, 0.4) is 0 Å². The van der Waals surface area contributed by atoms with E-state index < -0.39 is 10.0 Å². The summed E-state index contributed by atoms with van der Waals surface area (Å²) in [5.41, 5.74) is 1.93. The highest BCUT2D eigenvalue weighted by Crippen LogP contribution is 2.24. The van der Waals surface area contributed by atoms with E-state index in [0.29, 0.717) is 24.5 Å². The molecule has 0 amide bonds. The molecule has 1 N–H and O–H groups in total. The lowest BCUT2D eigenvalue weighted by Gasteiger charge is -2.21. The zero-order valence-electron chi connectivity index (χ0n) is 12.8. The molecule has 1 fully saturated rings. The van der Waals surface area contributed by atoms with Crippen LogP contribution in [0.1, 0.15) is 24.5 Å². The molecule has 0 aliphatic carbocycles. The molecule has 0 atom stereocenters. The van der Waals surface area contributed by atoms with Gasteiger partial charge in [-0.1, -0.05) is 19.1 Å². The fourth-order valence-electron chi connectivity index (χ4n) is 2.49. The maximum atomic E-state index is 12.9. The van der Waals surface area contributed by atoms with Gasteiger partial charge in [0.1, 0.15) is 0 Å². The van der Waals surface area contributed by atoms with E-state index in [0.717, 1.165) is 35.6 Å². The first-order valence-corrected chi connectivity index (χ1v) is 10.0. The molecule has 21 heavy (non-hydrogen) atoms. The second-order valence-electron chi connectivity index (χ2n) is 5.19. The summed E-state index contributed by atoms with van der Waals surface area (Å²) in [6.07, 6.45) is 0.931. The summed E-state index contributed by atoms with van der Waals surface area (Å²) in [5.74, 6) is 1.93. The van der Waals surface area contributed by atoms with Crippen molar-refractivity contribution in [3.05, 3.63) is 29.3 Å². The summed E-state index contributed by atoms with van der Waals surface area (Å²) >= 11 is 1.83. The van der Waals surface area contributed by atoms with Gasteiger partial charge in [-0.15, -0.1) is 0 Å². The zero-order chi connectivity index (χ0) is 15.3. The first-order valence-electron chi connectivity index (χ1n) is 7.44. The van der Waals surface area contributed by atoms with Crippen LogP contribution in [0, 0.1) is 6.92 Å². The van der Waals surface area contributed by atoms with Crippen molar-refractivity contribution in [1.29, 1.82) is 0 Å². The molecule has 0 unspecified atom stereocenters. The van der Waals surface area contributed by atoms with Gasteiger partial charge in [-0.25, -0.2) is 8.42 Å². The van der Waals surface area contributed by atoms with Crippen LogP contribution in [0.4, 0.5) is 0 Å². The van der Waals surface area contributed by atoms with Gasteiger partial charge >= 0.3 is 0 Å². The molecule has 118 valence electrons. The molecule has 0 spiro atoms. The Kier molecular flexibility index (Phi) is 6.10. The molecule has 2 rings (SSSR count). The predicted octanol–water partition coefficient (Wildman–Crippen LogP) is 2.23. The first kappa shape index (κ1) is 16.8. The van der Waals surface area contributed by atoms with Crippen LogP contribution in [-0.2, 0) is 16.6 Å². The van der Waals surface area contributed by atoms with Crippen molar-refractivity contribution in [2.45, 2.75) is 31.7 Å². The summed E-state index contributed by atoms with van der Waals surface area (Å²) in [6, 6.07) is 5.58. The SMILES string of the molecule is CCNCc1cccc(S(=O)(=O)N2CCCSCC2)c1C. The second kappa shape index (κ2) is 7.63. The highest BCUT2D eigenvalue weighted by atomic mass is 32.2. The molecule has 1 aliphatic heterocycles. The first-order chi connectivity index (χ1) is 10.1. The molecule has 0 aromatic heterocycles. The van der Waals surface area contributed by atoms with Gasteiger partial charge in [0.2, 0.25) is 10.0 Å². The molecule has 4 nitrogen and oxygen atoms in total. The average molecular weight is 329 g/mol. The van der Waals surface area contributed by atoms with E-state index in [1.54, 1.807) is 10.4 Å². The number of hydrogen-bond acceptors (Lipinski definition) is 4. The van der Waals surface area contributed by atoms with Crippen molar-refractivity contribution in [3.8, 4) is 0 Å². The van der Waals surface area contributed by atoms with E-state index in [1.807, 2.05) is 37.7 Å². The molecular formula is C15H24N2O2S2. The maximum Gasteiger partial charge on any atom is 0.243 e. The van der Waals surface area contributed by atoms with Gasteiger partial charge < -0.3 is 5.32 Å². The van der Waals surface area contributed by atoms with Gasteiger partial charge in [-0.3, -0.25) is 0 Å². The summed E-state index contributed by atoms with van der Waals surface area (Å²) < 4.78 is 27.4. The van der Waals surface area contributed by atoms with Gasteiger partial charge in [0.25, 0.3) is 0 Å². The Bertz CT molecular complexity index is 565. The quantitative estimate of drug-likeness (QED) is 0.900. The Labute approximate surface area is 132 Å². The Balaban J connectivity index is 2.30. The minimum absolute atomic E-state index is 0.463. The molecule has 1 aromatic rings. The molecule has 1 saturated heterocycles. The number of thioether (sulfide) groups is 1. The average Bonchev–Trinajstić information content (AvgIpc) is 2.75. The van der Waals surface area contributed by atoms with E-state index in [-0.39, 0.29) is 0 Å². The summed E-state index contributed by atoms with van der Waals surface area (Å²) in [6.45, 7) is 6.79. The van der Waals surface area contributed by atoms with Crippen molar-refractivity contribution in [2.24, 2.45) is 0 Å². The van der Waals surface area contributed by atoms with Crippen LogP contribution < -0.4 is 5.32 Å². The third kappa shape index (κ3) is 4.00. The number of rotatable bonds is 5. The van der Waals surface area contributed by atoms with E-state index in [2.05, 4.69) is 5.32 Å². The van der Waals surface area contributed by atoms with Crippen molar-refractivity contribution in [2.75, 3.05) is 31.1 Å². The minimum atomic E-state index is -3.37. The smallest absolute Gasteiger partial charge is 0.243 e. The molecule has 6 heteroatoms. The molecule has 1 heterocycles. The van der Waals surface area contributed by atoms with E-state index in [9.17, 15) is 8.42 Å². The van der Waals surface area contributed by atoms with Crippen LogP contribution in [0.2, 0.25) is 0 Å². The molecule has 1 aliphatic rings. The number of hydrogen-bond donors (Lipinski definition) is 1. The topological polar surface area (TPSA) is 49.4 Å². The van der Waals surface area contributed by atoms with Crippen molar-refractivity contribution in [1.82, 2.24) is 9.62 Å². The molecule has 0 bridgehead atoms. The van der Waals surface area contributed by atoms with Gasteiger partial charge in [0.05, 0.1) is 4.90 Å². The van der Waals surface area contributed by atoms with Crippen molar-refractivity contribution >= 4 is 21.8 Å². The lowest BCUT2D eigenvalue weighted by Crippen LogP contribution is -2.33. The van der Waals surface area contributed by atoms with Crippen LogP contribution in [0.5, 0.6) is 0 Å². The summed E-state index contributed by atoms with van der Waals surface area (Å²) in [4.78, 5) is 0.463. The van der Waals surface area contributed by atoms with E-state index >= 15 is 0 Å². The van der Waals surface area contributed by atoms with Crippen LogP contribution in [0.25, 0.3) is 0 Å². The van der Waals surface area contributed by atoms with Crippen LogP contribution in [0.15, 0.2) is 23.1 Å². The highest BCUT2D eigenvalue weighted by Gasteiger charge is 2.27. The third-order valence-corrected chi connectivity index (χ3v) is 6.85. The van der Waals surface area contributed by atoms with Gasteiger partial charge in [-0.2, -0.15) is 16.1 Å². The van der Waals surface area contributed by atoms with E-state index in [4.69, 9.17) is 0 Å². The summed E-state index contributed by atoms with van der Waals surface area (Å²) in [7, 11) is -3.37. The second-order valence-corrected chi connectivity index (χ2v) is 8.32. The molecule has 0 saturated carbocycles. The fraction of sp³-hybridized carbons (Fsp3) is 0.600. The Morgan fingerprint density at radius 1 is 1.29 bits per heavy atom. The lowest BCUT2D eigenvalue weighted by atomic mass is 10.1. The standard InChI is InChI=1S/C15H24N2O2S2/c1-3-16-12-14-6-4-7-15(13(14)2)21(18,19)17-8-5-10-20-11-9-17/h4,6-7,16H,3,5,8-12H2,1-2H3. The largest absolute Gasteiger partial charge is 0.313 e.